The minimum atomic E-state index is 0.514. The number of ether oxygens (including phenoxy) is 1. The van der Waals surface area contributed by atoms with Gasteiger partial charge in [0.25, 0.3) is 0 Å². The Kier molecular flexibility index (Phi) is 22.2. The maximum atomic E-state index is 9.89. The Morgan fingerprint density at radius 3 is 1.78 bits per heavy atom. The molecule has 6 nitrogen and oxygen atoms in total. The van der Waals surface area contributed by atoms with Crippen LogP contribution in [0.3, 0.4) is 0 Å². The zero-order valence-corrected chi connectivity index (χ0v) is 33.6. The van der Waals surface area contributed by atoms with Gasteiger partial charge in [0.1, 0.15) is 22.4 Å². The molecular weight excluding hydrogens is 623 g/mol. The van der Waals surface area contributed by atoms with Crippen molar-refractivity contribution in [1.82, 2.24) is 4.98 Å². The van der Waals surface area contributed by atoms with E-state index in [4.69, 9.17) is 14.8 Å². The van der Waals surface area contributed by atoms with E-state index in [1.54, 1.807) is 0 Å². The summed E-state index contributed by atoms with van der Waals surface area (Å²) in [6.45, 7) is 21.1. The first kappa shape index (κ1) is 42.7. The predicted molar refractivity (Wildman–Crippen MR) is 212 cm³/mol. The maximum Gasteiger partial charge on any atom is 0.231 e. The van der Waals surface area contributed by atoms with Crippen molar-refractivity contribution in [3.05, 3.63) is 28.8 Å². The van der Waals surface area contributed by atoms with Crippen LogP contribution in [0, 0.1) is 35.0 Å². The average molecular weight is 694 g/mol. The van der Waals surface area contributed by atoms with Gasteiger partial charge in [0.15, 0.2) is 0 Å². The number of hydrogen-bond donors (Lipinski definition) is 0. The molecule has 0 radical (unpaired) electrons. The lowest BCUT2D eigenvalue weighted by Crippen LogP contribution is -2.34. The van der Waals surface area contributed by atoms with Gasteiger partial charge in [0.2, 0.25) is 5.13 Å². The minimum absolute atomic E-state index is 0.514. The summed E-state index contributed by atoms with van der Waals surface area (Å²) >= 11 is 1.35. The smallest absolute Gasteiger partial charge is 0.231 e. The van der Waals surface area contributed by atoms with Gasteiger partial charge in [0.05, 0.1) is 12.3 Å². The summed E-state index contributed by atoms with van der Waals surface area (Å²) in [6, 6.07) is 8.92. The molecule has 49 heavy (non-hydrogen) atoms. The molecule has 1 aromatic heterocycles. The number of benzene rings is 1. The molecule has 1 heterocycles. The van der Waals surface area contributed by atoms with Crippen molar-refractivity contribution in [2.24, 2.45) is 33.9 Å². The third-order valence-corrected chi connectivity index (χ3v) is 11.3. The molecule has 4 unspecified atom stereocenters. The molecule has 0 bridgehead atoms. The van der Waals surface area contributed by atoms with Crippen molar-refractivity contribution in [2.75, 3.05) is 24.6 Å². The minimum Gasteiger partial charge on any atom is -0.491 e. The number of rotatable bonds is 28. The second-order valence-corrected chi connectivity index (χ2v) is 15.3. The summed E-state index contributed by atoms with van der Waals surface area (Å²) in [4.78, 5) is 8.11. The summed E-state index contributed by atoms with van der Waals surface area (Å²) < 4.78 is 6.66. The highest BCUT2D eigenvalue weighted by molar-refractivity contribution is 7.15. The predicted octanol–water partition coefficient (Wildman–Crippen LogP) is 14.0. The van der Waals surface area contributed by atoms with Gasteiger partial charge in [-0.2, -0.15) is 5.26 Å². The molecule has 7 heteroatoms. The van der Waals surface area contributed by atoms with Crippen LogP contribution in [0.2, 0.25) is 0 Å². The molecule has 276 valence electrons. The Morgan fingerprint density at radius 1 is 0.735 bits per heavy atom. The topological polar surface area (TPSA) is 73.9 Å². The van der Waals surface area contributed by atoms with Gasteiger partial charge in [-0.05, 0) is 61.5 Å². The second-order valence-electron chi connectivity index (χ2n) is 14.3. The first-order valence-corrected chi connectivity index (χ1v) is 21.0. The van der Waals surface area contributed by atoms with E-state index >= 15 is 0 Å². The third kappa shape index (κ3) is 15.5. The van der Waals surface area contributed by atoms with Crippen LogP contribution in [0.1, 0.15) is 169 Å². The van der Waals surface area contributed by atoms with Crippen LogP contribution in [-0.2, 0) is 6.42 Å². The molecule has 0 aliphatic heterocycles. The summed E-state index contributed by atoms with van der Waals surface area (Å²) in [5.41, 5.74) is 2.83. The van der Waals surface area contributed by atoms with Crippen molar-refractivity contribution >= 4 is 27.8 Å². The molecule has 2 aromatic rings. The molecule has 0 saturated heterocycles. The number of hydrogen-bond acceptors (Lipinski definition) is 7. The largest absolute Gasteiger partial charge is 0.491 e. The molecule has 0 spiro atoms. The van der Waals surface area contributed by atoms with Crippen LogP contribution < -0.4 is 9.64 Å². The van der Waals surface area contributed by atoms with E-state index in [9.17, 15) is 5.26 Å². The normalized spacial score (nSPS) is 14.1. The number of nitriles is 1. The molecular formula is C42H71N5OS. The van der Waals surface area contributed by atoms with Crippen LogP contribution >= 0.6 is 11.3 Å². The van der Waals surface area contributed by atoms with E-state index in [-0.39, 0.29) is 0 Å². The highest BCUT2D eigenvalue weighted by Crippen LogP contribution is 2.37. The fourth-order valence-corrected chi connectivity index (χ4v) is 7.38. The lowest BCUT2D eigenvalue weighted by atomic mass is 9.94. The Bertz CT molecular complexity index is 1200. The third-order valence-electron chi connectivity index (χ3n) is 10.4. The molecule has 0 N–H and O–H groups in total. The van der Waals surface area contributed by atoms with Crippen LogP contribution in [0.15, 0.2) is 28.4 Å². The van der Waals surface area contributed by atoms with Gasteiger partial charge >= 0.3 is 0 Å². The quantitative estimate of drug-likeness (QED) is 0.0831. The molecule has 0 saturated carbocycles. The molecule has 2 rings (SSSR count). The lowest BCUT2D eigenvalue weighted by molar-refractivity contribution is 0.234. The van der Waals surface area contributed by atoms with Crippen molar-refractivity contribution in [3.8, 4) is 11.8 Å². The van der Waals surface area contributed by atoms with E-state index in [0.29, 0.717) is 40.3 Å². The van der Waals surface area contributed by atoms with Gasteiger partial charge < -0.3 is 9.64 Å². The van der Waals surface area contributed by atoms with E-state index < -0.39 is 0 Å². The number of nitrogens with zero attached hydrogens (tertiary/aromatic N) is 5. The van der Waals surface area contributed by atoms with E-state index in [1.807, 2.05) is 0 Å². The van der Waals surface area contributed by atoms with Crippen LogP contribution in [0.5, 0.6) is 5.75 Å². The fourth-order valence-electron chi connectivity index (χ4n) is 6.67. The zero-order chi connectivity index (χ0) is 35.9. The van der Waals surface area contributed by atoms with E-state index in [2.05, 4.69) is 89.7 Å². The summed E-state index contributed by atoms with van der Waals surface area (Å²) in [7, 11) is 0. The van der Waals surface area contributed by atoms with Crippen LogP contribution in [-0.4, -0.2) is 24.7 Å². The Balaban J connectivity index is 2.49. The molecule has 0 fully saturated rings. The number of anilines is 1. The van der Waals surface area contributed by atoms with E-state index in [0.717, 1.165) is 49.5 Å². The molecule has 0 aliphatic rings. The Morgan fingerprint density at radius 2 is 1.27 bits per heavy atom. The number of thiazole rings is 1. The standard InChI is InChI=1S/C42H71N5OS/c1-9-17-21-33(13-5)27-39-41(29-43)49-42(44-39)46-45-38-26-25-37(28-40(38)48-32-36(16-8)24-20-12-4)47(30-34(14-6)22-18-10-2)31-35(15-7)23-19-11-3/h25-26,28,33-36H,9-24,27,30-32H2,1-8H3. The summed E-state index contributed by atoms with van der Waals surface area (Å²) in [6.07, 6.45) is 20.2. The summed E-state index contributed by atoms with van der Waals surface area (Å²) in [5.74, 6) is 3.20. The first-order chi connectivity index (χ1) is 23.9. The van der Waals surface area contributed by atoms with Gasteiger partial charge in [-0.25, -0.2) is 4.98 Å². The van der Waals surface area contributed by atoms with Crippen molar-refractivity contribution in [3.63, 3.8) is 0 Å². The van der Waals surface area contributed by atoms with Gasteiger partial charge in [-0.15, -0.1) is 10.2 Å². The van der Waals surface area contributed by atoms with Gasteiger partial charge in [0, 0.05) is 24.8 Å². The number of azo groups is 1. The number of aromatic nitrogens is 1. The SMILES string of the molecule is CCCCC(CC)COc1cc(N(CC(CC)CCCC)CC(CC)CCCC)ccc1N=Nc1nc(CC(CC)CCCC)c(C#N)s1. The van der Waals surface area contributed by atoms with Crippen LogP contribution in [0.25, 0.3) is 0 Å². The van der Waals surface area contributed by atoms with Gasteiger partial charge in [-0.1, -0.05) is 150 Å². The van der Waals surface area contributed by atoms with E-state index in [1.165, 1.54) is 107 Å². The fraction of sp³-hybridized carbons (Fsp3) is 0.762. The van der Waals surface area contributed by atoms with Gasteiger partial charge in [-0.3, -0.25) is 0 Å². The van der Waals surface area contributed by atoms with Crippen molar-refractivity contribution in [1.29, 1.82) is 5.26 Å². The Labute approximate surface area is 305 Å². The average Bonchev–Trinajstić information content (AvgIpc) is 3.53. The monoisotopic (exact) mass is 694 g/mol. The maximum absolute atomic E-state index is 9.89. The van der Waals surface area contributed by atoms with Crippen LogP contribution in [0.4, 0.5) is 16.5 Å². The first-order valence-electron chi connectivity index (χ1n) is 20.2. The molecule has 0 aliphatic carbocycles. The van der Waals surface area contributed by atoms with Crippen molar-refractivity contribution < 1.29 is 4.74 Å². The highest BCUT2D eigenvalue weighted by atomic mass is 32.1. The molecule has 0 amide bonds. The summed E-state index contributed by atoms with van der Waals surface area (Å²) in [5, 5.41) is 19.8. The second kappa shape index (κ2) is 25.5. The molecule has 4 atom stereocenters. The number of unbranched alkanes of at least 4 members (excludes halogenated alkanes) is 4. The molecule has 1 aromatic carbocycles. The highest BCUT2D eigenvalue weighted by Gasteiger charge is 2.20. The van der Waals surface area contributed by atoms with Crippen molar-refractivity contribution in [2.45, 2.75) is 165 Å². The lowest BCUT2D eigenvalue weighted by Gasteiger charge is -2.33. The zero-order valence-electron chi connectivity index (χ0n) is 32.7. The Hall–Kier alpha value is -2.46.